The van der Waals surface area contributed by atoms with E-state index in [4.69, 9.17) is 0 Å². The summed E-state index contributed by atoms with van der Waals surface area (Å²) in [6.45, 7) is 8.85. The van der Waals surface area contributed by atoms with Gasteiger partial charge in [0.25, 0.3) is 5.91 Å². The van der Waals surface area contributed by atoms with Crippen LogP contribution in [0.15, 0.2) is 42.6 Å². The molecule has 0 radical (unpaired) electrons. The molecule has 0 aliphatic heterocycles. The van der Waals surface area contributed by atoms with Crippen LogP contribution in [0.1, 0.15) is 43.2 Å². The highest BCUT2D eigenvalue weighted by Crippen LogP contribution is 2.18. The van der Waals surface area contributed by atoms with Gasteiger partial charge in [-0.2, -0.15) is 0 Å². The second-order valence-electron chi connectivity index (χ2n) is 5.77. The van der Waals surface area contributed by atoms with Crippen molar-refractivity contribution in [1.82, 2.24) is 4.98 Å². The third kappa shape index (κ3) is 4.31. The topological polar surface area (TPSA) is 45.2 Å². The normalized spacial score (nSPS) is 11.8. The average Bonchev–Trinajstić information content (AvgIpc) is 2.56. The number of nitrogens with one attached hydrogen (secondary N) is 1. The third-order valence-corrected chi connectivity index (χ3v) is 3.88. The second-order valence-corrected chi connectivity index (χ2v) is 5.77. The highest BCUT2D eigenvalue weighted by Gasteiger charge is 2.17. The van der Waals surface area contributed by atoms with E-state index >= 15 is 0 Å². The lowest BCUT2D eigenvalue weighted by molar-refractivity contribution is 0.0983. The largest absolute Gasteiger partial charge is 0.381 e. The number of hydrogen-bond acceptors (Lipinski definition) is 3. The molecule has 1 atom stereocenters. The number of aryl methyl sites for hydroxylation is 1. The van der Waals surface area contributed by atoms with Crippen LogP contribution in [0.4, 0.5) is 11.4 Å². The van der Waals surface area contributed by atoms with Crippen molar-refractivity contribution in [1.29, 1.82) is 0 Å². The van der Waals surface area contributed by atoms with Crippen molar-refractivity contribution in [2.24, 2.45) is 0 Å². The molecule has 4 nitrogen and oxygen atoms in total. The molecule has 4 heteroatoms. The lowest BCUT2D eigenvalue weighted by Gasteiger charge is -2.21. The molecule has 2 rings (SSSR count). The van der Waals surface area contributed by atoms with Crippen LogP contribution in [0.5, 0.6) is 0 Å². The minimum Gasteiger partial charge on any atom is -0.381 e. The average molecular weight is 311 g/mol. The first-order chi connectivity index (χ1) is 11.0. The van der Waals surface area contributed by atoms with Crippen molar-refractivity contribution in [2.45, 2.75) is 40.2 Å². The molecule has 0 fully saturated rings. The Kier molecular flexibility index (Phi) is 5.74. The zero-order chi connectivity index (χ0) is 16.8. The Bertz CT molecular complexity index is 652. The summed E-state index contributed by atoms with van der Waals surface area (Å²) in [4.78, 5) is 18.8. The van der Waals surface area contributed by atoms with E-state index < -0.39 is 0 Å². The number of carbonyl (C=O) groups is 1. The Morgan fingerprint density at radius 1 is 1.26 bits per heavy atom. The summed E-state index contributed by atoms with van der Waals surface area (Å²) in [7, 11) is 0. The summed E-state index contributed by atoms with van der Waals surface area (Å²) >= 11 is 0. The number of anilines is 2. The Balaban J connectivity index is 2.18. The standard InChI is InChI=1S/C19H25N3O/c1-5-15(4)21-16-10-11-18(20-13-16)19(23)22(6-2)17-9-7-8-14(3)12-17/h7-13,15,21H,5-6H2,1-4H3. The molecule has 0 saturated carbocycles. The smallest absolute Gasteiger partial charge is 0.276 e. The number of nitrogens with zero attached hydrogens (tertiary/aromatic N) is 2. The molecular weight excluding hydrogens is 286 g/mol. The predicted molar refractivity (Wildman–Crippen MR) is 96.1 cm³/mol. The Labute approximate surface area is 138 Å². The maximum atomic E-state index is 12.7. The first kappa shape index (κ1) is 17.0. The molecule has 0 aliphatic rings. The van der Waals surface area contributed by atoms with Crippen molar-refractivity contribution in [3.05, 3.63) is 53.9 Å². The lowest BCUT2D eigenvalue weighted by atomic mass is 10.2. The van der Waals surface area contributed by atoms with Crippen molar-refractivity contribution < 1.29 is 4.79 Å². The summed E-state index contributed by atoms with van der Waals surface area (Å²) in [5.41, 5.74) is 3.44. The molecule has 1 amide bonds. The highest BCUT2D eigenvalue weighted by molar-refractivity contribution is 6.04. The maximum Gasteiger partial charge on any atom is 0.276 e. The molecule has 23 heavy (non-hydrogen) atoms. The van der Waals surface area contributed by atoms with Gasteiger partial charge >= 0.3 is 0 Å². The highest BCUT2D eigenvalue weighted by atomic mass is 16.2. The number of pyridine rings is 1. The van der Waals surface area contributed by atoms with E-state index in [9.17, 15) is 4.79 Å². The van der Waals surface area contributed by atoms with Crippen LogP contribution >= 0.6 is 0 Å². The van der Waals surface area contributed by atoms with Crippen molar-refractivity contribution in [3.8, 4) is 0 Å². The number of aromatic nitrogens is 1. The van der Waals surface area contributed by atoms with E-state index in [0.717, 1.165) is 23.4 Å². The van der Waals surface area contributed by atoms with Crippen LogP contribution in [0, 0.1) is 6.92 Å². The molecule has 0 spiro atoms. The number of amides is 1. The van der Waals surface area contributed by atoms with Crippen LogP contribution in [0.3, 0.4) is 0 Å². The molecule has 0 aliphatic carbocycles. The fourth-order valence-corrected chi connectivity index (χ4v) is 2.37. The van der Waals surface area contributed by atoms with E-state index in [1.54, 1.807) is 17.2 Å². The Hall–Kier alpha value is -2.36. The first-order valence-electron chi connectivity index (χ1n) is 8.16. The third-order valence-electron chi connectivity index (χ3n) is 3.88. The quantitative estimate of drug-likeness (QED) is 0.866. The van der Waals surface area contributed by atoms with Gasteiger partial charge in [0.2, 0.25) is 0 Å². The predicted octanol–water partition coefficient (Wildman–Crippen LogP) is 4.27. The van der Waals surface area contributed by atoms with Crippen LogP contribution in [-0.4, -0.2) is 23.5 Å². The van der Waals surface area contributed by atoms with Gasteiger partial charge in [-0.25, -0.2) is 4.98 Å². The summed E-state index contributed by atoms with van der Waals surface area (Å²) in [6, 6.07) is 12.0. The van der Waals surface area contributed by atoms with Crippen molar-refractivity contribution in [3.63, 3.8) is 0 Å². The number of hydrogen-bond donors (Lipinski definition) is 1. The molecule has 1 N–H and O–H groups in total. The molecule has 2 aromatic rings. The van der Waals surface area contributed by atoms with Crippen molar-refractivity contribution >= 4 is 17.3 Å². The number of benzene rings is 1. The lowest BCUT2D eigenvalue weighted by Crippen LogP contribution is -2.31. The van der Waals surface area contributed by atoms with E-state index in [1.807, 2.05) is 44.2 Å². The van der Waals surface area contributed by atoms with E-state index in [-0.39, 0.29) is 5.91 Å². The van der Waals surface area contributed by atoms with Gasteiger partial charge in [0.05, 0.1) is 11.9 Å². The van der Waals surface area contributed by atoms with Gasteiger partial charge < -0.3 is 10.2 Å². The molecule has 1 aromatic carbocycles. The molecule has 0 saturated heterocycles. The summed E-state index contributed by atoms with van der Waals surface area (Å²) in [6.07, 6.45) is 2.77. The van der Waals surface area contributed by atoms with Gasteiger partial charge in [0, 0.05) is 18.3 Å². The second kappa shape index (κ2) is 7.77. The Morgan fingerprint density at radius 3 is 2.61 bits per heavy atom. The fourth-order valence-electron chi connectivity index (χ4n) is 2.37. The fraction of sp³-hybridized carbons (Fsp3) is 0.368. The molecular formula is C19H25N3O. The molecule has 122 valence electrons. The van der Waals surface area contributed by atoms with Gasteiger partial charge in [0.15, 0.2) is 0 Å². The van der Waals surface area contributed by atoms with Crippen molar-refractivity contribution in [2.75, 3.05) is 16.8 Å². The first-order valence-corrected chi connectivity index (χ1v) is 8.16. The van der Waals surface area contributed by atoms with Gasteiger partial charge in [-0.05, 0) is 57.0 Å². The van der Waals surface area contributed by atoms with Crippen LogP contribution in [0.2, 0.25) is 0 Å². The van der Waals surface area contributed by atoms with E-state index in [2.05, 4.69) is 24.1 Å². The van der Waals surface area contributed by atoms with Gasteiger partial charge in [-0.3, -0.25) is 4.79 Å². The zero-order valence-electron chi connectivity index (χ0n) is 14.3. The van der Waals surface area contributed by atoms with Gasteiger partial charge in [-0.1, -0.05) is 19.1 Å². The van der Waals surface area contributed by atoms with Crippen LogP contribution < -0.4 is 10.2 Å². The van der Waals surface area contributed by atoms with Crippen LogP contribution in [-0.2, 0) is 0 Å². The number of rotatable bonds is 6. The maximum absolute atomic E-state index is 12.7. The molecule has 1 unspecified atom stereocenters. The van der Waals surface area contributed by atoms with E-state index in [1.165, 1.54) is 0 Å². The summed E-state index contributed by atoms with van der Waals surface area (Å²) < 4.78 is 0. The minimum atomic E-state index is -0.0758. The SMILES string of the molecule is CCC(C)Nc1ccc(C(=O)N(CC)c2cccc(C)c2)nc1. The summed E-state index contributed by atoms with van der Waals surface area (Å²) in [5.74, 6) is -0.0758. The van der Waals surface area contributed by atoms with Gasteiger partial charge in [0.1, 0.15) is 5.69 Å². The molecule has 1 aromatic heterocycles. The zero-order valence-corrected chi connectivity index (χ0v) is 14.3. The monoisotopic (exact) mass is 311 g/mol. The molecule has 1 heterocycles. The van der Waals surface area contributed by atoms with Crippen LogP contribution in [0.25, 0.3) is 0 Å². The minimum absolute atomic E-state index is 0.0758. The number of carbonyl (C=O) groups excluding carboxylic acids is 1. The van der Waals surface area contributed by atoms with E-state index in [0.29, 0.717) is 18.3 Å². The Morgan fingerprint density at radius 2 is 2.04 bits per heavy atom. The van der Waals surface area contributed by atoms with Gasteiger partial charge in [-0.15, -0.1) is 0 Å². The summed E-state index contributed by atoms with van der Waals surface area (Å²) in [5, 5.41) is 3.35. The molecule has 0 bridgehead atoms.